The van der Waals surface area contributed by atoms with Crippen LogP contribution in [-0.4, -0.2) is 12.4 Å². The van der Waals surface area contributed by atoms with Gasteiger partial charge in [0.15, 0.2) is 0 Å². The van der Waals surface area contributed by atoms with Gasteiger partial charge in [-0.3, -0.25) is 0 Å². The molecule has 0 aliphatic rings. The molecule has 0 aliphatic heterocycles. The number of alkyl halides is 3. The minimum Gasteiger partial charge on any atom is -0.489 e. The Hall–Kier alpha value is -1.88. The molecule has 0 unspecified atom stereocenters. The zero-order valence-corrected chi connectivity index (χ0v) is 13.5. The van der Waals surface area contributed by atoms with Crippen molar-refractivity contribution in [3.05, 3.63) is 71.8 Å². The molecule has 122 valence electrons. The Morgan fingerprint density at radius 3 is 2.43 bits per heavy atom. The number of aryl methyl sites for hydroxylation is 1. The lowest BCUT2D eigenvalue weighted by atomic mass is 10.2. The molecule has 0 heterocycles. The Kier molecular flexibility index (Phi) is 5.77. The number of thioether (sulfide) groups is 1. The fourth-order valence-corrected chi connectivity index (χ4v) is 2.76. The van der Waals surface area contributed by atoms with Gasteiger partial charge in [-0.1, -0.05) is 24.3 Å². The van der Waals surface area contributed by atoms with Crippen LogP contribution in [0.5, 0.6) is 5.75 Å². The second-order valence-electron chi connectivity index (χ2n) is 5.17. The van der Waals surface area contributed by atoms with Gasteiger partial charge in [0.25, 0.3) is 0 Å². The van der Waals surface area contributed by atoms with E-state index in [9.17, 15) is 13.2 Å². The second-order valence-corrected chi connectivity index (χ2v) is 6.21. The summed E-state index contributed by atoms with van der Waals surface area (Å²) in [5, 5.41) is 0. The van der Waals surface area contributed by atoms with Crippen molar-refractivity contribution < 1.29 is 17.9 Å². The summed E-state index contributed by atoms with van der Waals surface area (Å²) in [5.74, 6) is 1.10. The standard InChI is InChI=1S/C18H17F3OS/c1-13-4-3-5-17(10-13)23-12-14(2)11-22-16-8-6-15(7-9-16)18(19,20)21/h3-10H,2,11-12H2,1H3. The van der Waals surface area contributed by atoms with Crippen LogP contribution in [0.4, 0.5) is 13.2 Å². The molecule has 0 saturated heterocycles. The SMILES string of the molecule is C=C(COc1ccc(C(F)(F)F)cc1)CSc1cccc(C)c1. The Morgan fingerprint density at radius 2 is 1.83 bits per heavy atom. The molecule has 5 heteroatoms. The van der Waals surface area contributed by atoms with E-state index in [0.717, 1.165) is 22.6 Å². The monoisotopic (exact) mass is 338 g/mol. The average molecular weight is 338 g/mol. The molecule has 0 bridgehead atoms. The first-order valence-corrected chi connectivity index (χ1v) is 7.99. The summed E-state index contributed by atoms with van der Waals surface area (Å²) >= 11 is 1.66. The first-order valence-electron chi connectivity index (χ1n) is 7.01. The molecule has 23 heavy (non-hydrogen) atoms. The summed E-state index contributed by atoms with van der Waals surface area (Å²) in [6, 6.07) is 12.8. The number of hydrogen-bond donors (Lipinski definition) is 0. The third-order valence-corrected chi connectivity index (χ3v) is 4.20. The summed E-state index contributed by atoms with van der Waals surface area (Å²) in [6.45, 7) is 6.25. The van der Waals surface area contributed by atoms with Crippen LogP contribution in [-0.2, 0) is 6.18 Å². The fourth-order valence-electron chi connectivity index (χ4n) is 1.86. The van der Waals surface area contributed by atoms with Crippen molar-refractivity contribution in [2.45, 2.75) is 18.0 Å². The molecule has 0 saturated carbocycles. The second kappa shape index (κ2) is 7.59. The summed E-state index contributed by atoms with van der Waals surface area (Å²) in [6.07, 6.45) is -4.33. The number of halogens is 3. The van der Waals surface area contributed by atoms with E-state index in [1.54, 1.807) is 11.8 Å². The predicted octanol–water partition coefficient (Wildman–Crippen LogP) is 5.74. The first kappa shape index (κ1) is 17.5. The third-order valence-electron chi connectivity index (χ3n) is 3.06. The molecule has 1 nitrogen and oxygen atoms in total. The van der Waals surface area contributed by atoms with E-state index < -0.39 is 11.7 Å². The lowest BCUT2D eigenvalue weighted by Crippen LogP contribution is -2.05. The number of rotatable bonds is 6. The maximum atomic E-state index is 12.5. The Labute approximate surface area is 138 Å². The van der Waals surface area contributed by atoms with E-state index in [-0.39, 0.29) is 6.61 Å². The average Bonchev–Trinajstić information content (AvgIpc) is 2.50. The normalized spacial score (nSPS) is 11.3. The first-order chi connectivity index (χ1) is 10.8. The van der Waals surface area contributed by atoms with Gasteiger partial charge in [0, 0.05) is 10.6 Å². The predicted molar refractivity (Wildman–Crippen MR) is 88.0 cm³/mol. The van der Waals surface area contributed by atoms with Gasteiger partial charge in [-0.15, -0.1) is 11.8 Å². The quantitative estimate of drug-likeness (QED) is 0.490. The Bertz CT molecular complexity index is 663. The van der Waals surface area contributed by atoms with Crippen LogP contribution in [0, 0.1) is 6.92 Å². The minimum absolute atomic E-state index is 0.282. The molecule has 2 aromatic rings. The van der Waals surface area contributed by atoms with Gasteiger partial charge >= 0.3 is 6.18 Å². The van der Waals surface area contributed by atoms with Crippen molar-refractivity contribution in [1.29, 1.82) is 0 Å². The molecular formula is C18H17F3OS. The van der Waals surface area contributed by atoms with Gasteiger partial charge in [0.1, 0.15) is 12.4 Å². The van der Waals surface area contributed by atoms with Crippen LogP contribution in [0.15, 0.2) is 65.6 Å². The minimum atomic E-state index is -4.33. The largest absolute Gasteiger partial charge is 0.489 e. The molecule has 2 rings (SSSR count). The van der Waals surface area contributed by atoms with Crippen molar-refractivity contribution in [2.75, 3.05) is 12.4 Å². The third kappa shape index (κ3) is 5.67. The molecule has 0 atom stereocenters. The van der Waals surface area contributed by atoms with E-state index in [1.165, 1.54) is 17.7 Å². The highest BCUT2D eigenvalue weighted by atomic mass is 32.2. The van der Waals surface area contributed by atoms with Crippen LogP contribution < -0.4 is 4.74 Å². The van der Waals surface area contributed by atoms with Gasteiger partial charge in [-0.05, 0) is 48.9 Å². The molecule has 0 amide bonds. The van der Waals surface area contributed by atoms with Gasteiger partial charge in [0.2, 0.25) is 0 Å². The number of ether oxygens (including phenoxy) is 1. The molecule has 0 aromatic heterocycles. The Morgan fingerprint density at radius 1 is 1.13 bits per heavy atom. The molecule has 2 aromatic carbocycles. The summed E-state index contributed by atoms with van der Waals surface area (Å²) in [7, 11) is 0. The van der Waals surface area contributed by atoms with Gasteiger partial charge in [0.05, 0.1) is 5.56 Å². The molecular weight excluding hydrogens is 321 g/mol. The van der Waals surface area contributed by atoms with Crippen molar-refractivity contribution in [1.82, 2.24) is 0 Å². The summed E-state index contributed by atoms with van der Waals surface area (Å²) in [5.41, 5.74) is 1.39. The molecule has 0 radical (unpaired) electrons. The molecule has 0 fully saturated rings. The summed E-state index contributed by atoms with van der Waals surface area (Å²) in [4.78, 5) is 1.15. The van der Waals surface area contributed by atoms with Crippen molar-refractivity contribution >= 4 is 11.8 Å². The topological polar surface area (TPSA) is 9.23 Å². The van der Waals surface area contributed by atoms with Gasteiger partial charge in [-0.25, -0.2) is 0 Å². The van der Waals surface area contributed by atoms with Crippen LogP contribution in [0.1, 0.15) is 11.1 Å². The van der Waals surface area contributed by atoms with Crippen LogP contribution in [0.2, 0.25) is 0 Å². The highest BCUT2D eigenvalue weighted by molar-refractivity contribution is 7.99. The van der Waals surface area contributed by atoms with Crippen molar-refractivity contribution in [3.8, 4) is 5.75 Å². The molecule has 0 aliphatic carbocycles. The van der Waals surface area contributed by atoms with E-state index >= 15 is 0 Å². The van der Waals surface area contributed by atoms with Crippen LogP contribution >= 0.6 is 11.8 Å². The molecule has 0 spiro atoms. The van der Waals surface area contributed by atoms with E-state index in [0.29, 0.717) is 11.5 Å². The Balaban J connectivity index is 1.80. The van der Waals surface area contributed by atoms with E-state index in [1.807, 2.05) is 25.1 Å². The van der Waals surface area contributed by atoms with E-state index in [2.05, 4.69) is 12.6 Å². The lowest BCUT2D eigenvalue weighted by molar-refractivity contribution is -0.137. The highest BCUT2D eigenvalue weighted by Crippen LogP contribution is 2.30. The zero-order chi connectivity index (χ0) is 16.9. The maximum absolute atomic E-state index is 12.5. The lowest BCUT2D eigenvalue weighted by Gasteiger charge is -2.10. The smallest absolute Gasteiger partial charge is 0.416 e. The zero-order valence-electron chi connectivity index (χ0n) is 12.7. The van der Waals surface area contributed by atoms with Gasteiger partial charge < -0.3 is 4.74 Å². The van der Waals surface area contributed by atoms with E-state index in [4.69, 9.17) is 4.74 Å². The van der Waals surface area contributed by atoms with Crippen molar-refractivity contribution in [3.63, 3.8) is 0 Å². The highest BCUT2D eigenvalue weighted by Gasteiger charge is 2.29. The maximum Gasteiger partial charge on any atom is 0.416 e. The van der Waals surface area contributed by atoms with Crippen LogP contribution in [0.3, 0.4) is 0 Å². The van der Waals surface area contributed by atoms with Crippen LogP contribution in [0.25, 0.3) is 0 Å². The molecule has 0 N–H and O–H groups in total. The number of hydrogen-bond acceptors (Lipinski definition) is 2. The van der Waals surface area contributed by atoms with Gasteiger partial charge in [-0.2, -0.15) is 13.2 Å². The summed E-state index contributed by atoms with van der Waals surface area (Å²) < 4.78 is 42.9. The fraction of sp³-hybridized carbons (Fsp3) is 0.222. The number of benzene rings is 2. The van der Waals surface area contributed by atoms with Crippen molar-refractivity contribution in [2.24, 2.45) is 0 Å².